The van der Waals surface area contributed by atoms with Gasteiger partial charge < -0.3 is 14.6 Å². The van der Waals surface area contributed by atoms with Crippen LogP contribution in [-0.2, 0) is 14.3 Å². The van der Waals surface area contributed by atoms with Crippen molar-refractivity contribution < 1.29 is 19.4 Å². The molecule has 1 saturated heterocycles. The summed E-state index contributed by atoms with van der Waals surface area (Å²) in [6, 6.07) is 0. The molecule has 15 heavy (non-hydrogen) atoms. The van der Waals surface area contributed by atoms with Crippen LogP contribution in [0.2, 0.25) is 0 Å². The number of rotatable bonds is 6. The number of carboxylic acids is 1. The predicted molar refractivity (Wildman–Crippen MR) is 54.9 cm³/mol. The molecule has 0 amide bonds. The third-order valence-corrected chi connectivity index (χ3v) is 2.60. The molecule has 1 fully saturated rings. The summed E-state index contributed by atoms with van der Waals surface area (Å²) in [6.07, 6.45) is 0.764. The predicted octanol–water partition coefficient (Wildman–Crippen LogP) is 0.198. The van der Waals surface area contributed by atoms with Gasteiger partial charge in [-0.3, -0.25) is 4.90 Å². The Kier molecular flexibility index (Phi) is 5.60. The van der Waals surface area contributed by atoms with Gasteiger partial charge in [0.05, 0.1) is 13.2 Å². The van der Waals surface area contributed by atoms with Crippen molar-refractivity contribution in [1.82, 2.24) is 4.90 Å². The van der Waals surface area contributed by atoms with E-state index in [2.05, 4.69) is 4.90 Å². The van der Waals surface area contributed by atoms with Gasteiger partial charge in [-0.15, -0.1) is 0 Å². The van der Waals surface area contributed by atoms with Crippen molar-refractivity contribution in [3.05, 3.63) is 0 Å². The lowest BCUT2D eigenvalue weighted by atomic mass is 10.2. The number of methoxy groups -OCH3 is 1. The zero-order chi connectivity index (χ0) is 11.1. The number of aliphatic carboxylic acids is 1. The molecule has 0 saturated carbocycles. The maximum Gasteiger partial charge on any atom is 0.332 e. The van der Waals surface area contributed by atoms with Crippen molar-refractivity contribution in [2.45, 2.75) is 18.9 Å². The molecule has 1 aliphatic rings. The number of carboxylic acid groups (broad SMARTS) is 1. The van der Waals surface area contributed by atoms with E-state index in [-0.39, 0.29) is 0 Å². The highest BCUT2D eigenvalue weighted by atomic mass is 16.5. The van der Waals surface area contributed by atoms with E-state index in [1.807, 2.05) is 0 Å². The first kappa shape index (κ1) is 12.4. The van der Waals surface area contributed by atoms with Crippen LogP contribution >= 0.6 is 0 Å². The Morgan fingerprint density at radius 1 is 1.53 bits per heavy atom. The van der Waals surface area contributed by atoms with E-state index in [9.17, 15) is 4.79 Å². The average Bonchev–Trinajstić information content (AvgIpc) is 2.25. The molecule has 1 unspecified atom stereocenters. The van der Waals surface area contributed by atoms with E-state index in [1.54, 1.807) is 0 Å². The molecule has 0 aromatic rings. The fourth-order valence-electron chi connectivity index (χ4n) is 1.67. The van der Waals surface area contributed by atoms with E-state index in [4.69, 9.17) is 14.6 Å². The van der Waals surface area contributed by atoms with Gasteiger partial charge in [-0.25, -0.2) is 4.79 Å². The maximum atomic E-state index is 10.7. The third kappa shape index (κ3) is 4.59. The lowest BCUT2D eigenvalue weighted by Crippen LogP contribution is -2.37. The highest BCUT2D eigenvalue weighted by Gasteiger charge is 2.16. The highest BCUT2D eigenvalue weighted by Crippen LogP contribution is 2.05. The van der Waals surface area contributed by atoms with Gasteiger partial charge in [0.2, 0.25) is 0 Å². The summed E-state index contributed by atoms with van der Waals surface area (Å²) in [4.78, 5) is 12.9. The fraction of sp³-hybridized carbons (Fsp3) is 0.900. The molecule has 1 N–H and O–H groups in total. The van der Waals surface area contributed by atoms with Gasteiger partial charge in [-0.2, -0.15) is 0 Å². The molecule has 1 heterocycles. The molecular weight excluding hydrogens is 198 g/mol. The van der Waals surface area contributed by atoms with Crippen LogP contribution in [0.5, 0.6) is 0 Å². The molecule has 88 valence electrons. The third-order valence-electron chi connectivity index (χ3n) is 2.60. The van der Waals surface area contributed by atoms with E-state index in [1.165, 1.54) is 7.11 Å². The van der Waals surface area contributed by atoms with Crippen LogP contribution in [0.15, 0.2) is 0 Å². The smallest absolute Gasteiger partial charge is 0.332 e. The summed E-state index contributed by atoms with van der Waals surface area (Å²) in [5.74, 6) is -0.875. The topological polar surface area (TPSA) is 59.0 Å². The van der Waals surface area contributed by atoms with Gasteiger partial charge in [0.15, 0.2) is 6.10 Å². The van der Waals surface area contributed by atoms with Crippen molar-refractivity contribution in [2.24, 2.45) is 0 Å². The maximum absolute atomic E-state index is 10.7. The van der Waals surface area contributed by atoms with Crippen molar-refractivity contribution in [1.29, 1.82) is 0 Å². The standard InChI is InChI=1S/C10H19NO4/c1-14-9(10(12)13)3-2-4-11-5-7-15-8-6-11/h9H,2-8H2,1H3,(H,12,13). The van der Waals surface area contributed by atoms with E-state index in [0.29, 0.717) is 6.42 Å². The van der Waals surface area contributed by atoms with Crippen LogP contribution in [0, 0.1) is 0 Å². The second-order valence-electron chi connectivity index (χ2n) is 3.66. The van der Waals surface area contributed by atoms with Crippen LogP contribution in [0.1, 0.15) is 12.8 Å². The first-order valence-electron chi connectivity index (χ1n) is 5.29. The Labute approximate surface area is 90.0 Å². The molecule has 5 heteroatoms. The van der Waals surface area contributed by atoms with Crippen LogP contribution < -0.4 is 0 Å². The van der Waals surface area contributed by atoms with Gasteiger partial charge >= 0.3 is 5.97 Å². The second-order valence-corrected chi connectivity index (χ2v) is 3.66. The highest BCUT2D eigenvalue weighted by molar-refractivity contribution is 5.72. The molecular formula is C10H19NO4. The summed E-state index contributed by atoms with van der Waals surface area (Å²) in [6.45, 7) is 4.39. The summed E-state index contributed by atoms with van der Waals surface area (Å²) in [7, 11) is 1.44. The van der Waals surface area contributed by atoms with Gasteiger partial charge in [0.1, 0.15) is 0 Å². The molecule has 1 rings (SSSR count). The number of hydrogen-bond acceptors (Lipinski definition) is 4. The van der Waals surface area contributed by atoms with Crippen LogP contribution in [0.25, 0.3) is 0 Å². The second kappa shape index (κ2) is 6.76. The first-order chi connectivity index (χ1) is 7.24. The molecule has 0 aromatic heterocycles. The summed E-state index contributed by atoms with van der Waals surface area (Å²) in [5, 5.41) is 8.75. The number of carbonyl (C=O) groups is 1. The van der Waals surface area contributed by atoms with Crippen molar-refractivity contribution in [3.8, 4) is 0 Å². The molecule has 0 bridgehead atoms. The molecule has 1 atom stereocenters. The summed E-state index contributed by atoms with van der Waals surface area (Å²) < 4.78 is 10.1. The molecule has 0 aliphatic carbocycles. The van der Waals surface area contributed by atoms with Gasteiger partial charge in [0, 0.05) is 20.2 Å². The van der Waals surface area contributed by atoms with E-state index in [0.717, 1.165) is 39.3 Å². The minimum Gasteiger partial charge on any atom is -0.479 e. The van der Waals surface area contributed by atoms with E-state index >= 15 is 0 Å². The first-order valence-corrected chi connectivity index (χ1v) is 5.29. The number of nitrogens with zero attached hydrogens (tertiary/aromatic N) is 1. The van der Waals surface area contributed by atoms with Crippen molar-refractivity contribution in [2.75, 3.05) is 40.0 Å². The van der Waals surface area contributed by atoms with E-state index < -0.39 is 12.1 Å². The fourth-order valence-corrected chi connectivity index (χ4v) is 1.67. The number of ether oxygens (including phenoxy) is 2. The zero-order valence-corrected chi connectivity index (χ0v) is 9.15. The summed E-state index contributed by atoms with van der Waals surface area (Å²) >= 11 is 0. The Hall–Kier alpha value is -0.650. The Morgan fingerprint density at radius 3 is 2.73 bits per heavy atom. The average molecular weight is 217 g/mol. The van der Waals surface area contributed by atoms with Crippen LogP contribution in [-0.4, -0.2) is 62.0 Å². The Morgan fingerprint density at radius 2 is 2.20 bits per heavy atom. The van der Waals surface area contributed by atoms with Gasteiger partial charge in [-0.1, -0.05) is 0 Å². The normalized spacial score (nSPS) is 20.1. The lowest BCUT2D eigenvalue weighted by Gasteiger charge is -2.26. The SMILES string of the molecule is COC(CCCN1CCOCC1)C(=O)O. The number of hydrogen-bond donors (Lipinski definition) is 1. The van der Waals surface area contributed by atoms with Crippen molar-refractivity contribution in [3.63, 3.8) is 0 Å². The minimum absolute atomic E-state index is 0.573. The molecule has 0 aromatic carbocycles. The monoisotopic (exact) mass is 217 g/mol. The van der Waals surface area contributed by atoms with Crippen LogP contribution in [0.4, 0.5) is 0 Å². The number of morpholine rings is 1. The van der Waals surface area contributed by atoms with Gasteiger partial charge in [0.25, 0.3) is 0 Å². The lowest BCUT2D eigenvalue weighted by molar-refractivity contribution is -0.148. The molecule has 0 radical (unpaired) electrons. The Balaban J connectivity index is 2.11. The Bertz CT molecular complexity index is 192. The molecule has 1 aliphatic heterocycles. The van der Waals surface area contributed by atoms with Crippen molar-refractivity contribution >= 4 is 5.97 Å². The minimum atomic E-state index is -0.875. The summed E-state index contributed by atoms with van der Waals surface area (Å²) in [5.41, 5.74) is 0. The molecule has 5 nitrogen and oxygen atoms in total. The quantitative estimate of drug-likeness (QED) is 0.688. The molecule has 0 spiro atoms. The largest absolute Gasteiger partial charge is 0.479 e. The van der Waals surface area contributed by atoms with Gasteiger partial charge in [-0.05, 0) is 19.4 Å². The zero-order valence-electron chi connectivity index (χ0n) is 9.15. The van der Waals surface area contributed by atoms with Crippen LogP contribution in [0.3, 0.4) is 0 Å².